The molecule has 298 valence electrons. The number of hydrogen-bond donors (Lipinski definition) is 0. The number of fused-ring (bicyclic) bond motifs is 8. The van der Waals surface area contributed by atoms with Crippen LogP contribution in [0, 0.1) is 0 Å². The molecule has 0 bridgehead atoms. The zero-order valence-electron chi connectivity index (χ0n) is 35.3. The number of rotatable bonds is 5. The molecule has 11 aromatic rings. The Morgan fingerprint density at radius 1 is 0.419 bits per heavy atom. The zero-order valence-corrected chi connectivity index (χ0v) is 36.1. The van der Waals surface area contributed by atoms with Gasteiger partial charge >= 0.3 is 0 Å². The van der Waals surface area contributed by atoms with Crippen LogP contribution in [-0.2, 0) is 10.8 Å². The largest absolute Gasteiger partial charge is 0.309 e. The van der Waals surface area contributed by atoms with Gasteiger partial charge in [-0.15, -0.1) is 11.3 Å². The summed E-state index contributed by atoms with van der Waals surface area (Å²) in [6.45, 7) is 9.67. The fraction of sp³-hybridized carbons (Fsp3) is 0.140. The van der Waals surface area contributed by atoms with E-state index in [1.807, 2.05) is 0 Å². The first kappa shape index (κ1) is 36.9. The minimum absolute atomic E-state index is 0.0857. The van der Waals surface area contributed by atoms with Crippen molar-refractivity contribution in [1.82, 2.24) is 19.5 Å². The molecule has 8 aromatic carbocycles. The highest BCUT2D eigenvalue weighted by Crippen LogP contribution is 2.49. The molecule has 12 rings (SSSR count). The summed E-state index contributed by atoms with van der Waals surface area (Å²) >= 11 is 1.80. The summed E-state index contributed by atoms with van der Waals surface area (Å²) in [4.78, 5) is 16.0. The molecule has 5 heteroatoms. The van der Waals surface area contributed by atoms with Crippen LogP contribution in [0.15, 0.2) is 170 Å². The molecule has 0 aliphatic heterocycles. The summed E-state index contributed by atoms with van der Waals surface area (Å²) in [5.41, 5.74) is 12.0. The van der Waals surface area contributed by atoms with E-state index in [-0.39, 0.29) is 10.8 Å². The summed E-state index contributed by atoms with van der Waals surface area (Å²) in [5.74, 6) is 1.96. The maximum Gasteiger partial charge on any atom is 0.165 e. The lowest BCUT2D eigenvalue weighted by molar-refractivity contribution is 0.332. The van der Waals surface area contributed by atoms with Gasteiger partial charge in [-0.2, -0.15) is 0 Å². The van der Waals surface area contributed by atoms with Crippen molar-refractivity contribution in [2.24, 2.45) is 0 Å². The standard InChI is InChI=1S/C57H44N4S/c1-56(2)31-32-57(3,4)47-34-50-45(33-46(47)56)40-17-8-10-24-48(40)61(50)49-25-14-19-38-39(49)20-12-22-43(38)54-58-53(37-29-27-36(28-30-37)35-15-6-5-7-16-35)59-55(60-54)44-23-13-21-42-41-18-9-11-26-51(41)62-52(42)44/h5-30,33-34H,31-32H2,1-4H3. The molecule has 1 aliphatic carbocycles. The number of nitrogens with zero attached hydrogens (tertiary/aromatic N) is 4. The van der Waals surface area contributed by atoms with Crippen molar-refractivity contribution in [1.29, 1.82) is 0 Å². The quantitative estimate of drug-likeness (QED) is 0.174. The molecule has 1 aliphatic rings. The van der Waals surface area contributed by atoms with Crippen molar-refractivity contribution in [2.45, 2.75) is 51.4 Å². The van der Waals surface area contributed by atoms with E-state index in [9.17, 15) is 0 Å². The molecule has 0 radical (unpaired) electrons. The predicted molar refractivity (Wildman–Crippen MR) is 262 cm³/mol. The van der Waals surface area contributed by atoms with Gasteiger partial charge in [-0.1, -0.05) is 161 Å². The number of thiophene rings is 1. The average Bonchev–Trinajstić information content (AvgIpc) is 3.85. The highest BCUT2D eigenvalue weighted by atomic mass is 32.1. The summed E-state index contributed by atoms with van der Waals surface area (Å²) in [7, 11) is 0. The van der Waals surface area contributed by atoms with Crippen LogP contribution in [0.4, 0.5) is 0 Å². The van der Waals surface area contributed by atoms with Crippen molar-refractivity contribution in [2.75, 3.05) is 0 Å². The first-order chi connectivity index (χ1) is 30.2. The molecule has 0 amide bonds. The van der Waals surface area contributed by atoms with Crippen molar-refractivity contribution in [3.05, 3.63) is 181 Å². The van der Waals surface area contributed by atoms with Crippen LogP contribution in [0.5, 0.6) is 0 Å². The van der Waals surface area contributed by atoms with Gasteiger partial charge in [-0.05, 0) is 87.7 Å². The van der Waals surface area contributed by atoms with E-state index in [2.05, 4.69) is 202 Å². The first-order valence-corrected chi connectivity index (χ1v) is 22.5. The smallest absolute Gasteiger partial charge is 0.165 e. The van der Waals surface area contributed by atoms with E-state index >= 15 is 0 Å². The zero-order chi connectivity index (χ0) is 41.7. The van der Waals surface area contributed by atoms with Crippen molar-refractivity contribution in [3.8, 4) is 51.0 Å². The molecule has 0 fully saturated rings. The van der Waals surface area contributed by atoms with Crippen LogP contribution in [0.25, 0.3) is 104 Å². The third-order valence-corrected chi connectivity index (χ3v) is 14.8. The Morgan fingerprint density at radius 2 is 0.984 bits per heavy atom. The Kier molecular flexibility index (Phi) is 8.20. The number of hydrogen-bond acceptors (Lipinski definition) is 4. The number of aromatic nitrogens is 4. The molecular weight excluding hydrogens is 773 g/mol. The van der Waals surface area contributed by atoms with Crippen LogP contribution in [0.2, 0.25) is 0 Å². The monoisotopic (exact) mass is 816 g/mol. The molecule has 0 unspecified atom stereocenters. The van der Waals surface area contributed by atoms with E-state index in [0.29, 0.717) is 17.5 Å². The second kappa shape index (κ2) is 13.8. The lowest BCUT2D eigenvalue weighted by Crippen LogP contribution is -2.33. The molecule has 4 nitrogen and oxygen atoms in total. The molecule has 3 aromatic heterocycles. The Bertz CT molecular complexity index is 3570. The van der Waals surface area contributed by atoms with Crippen LogP contribution in [0.3, 0.4) is 0 Å². The van der Waals surface area contributed by atoms with E-state index in [1.54, 1.807) is 11.3 Å². The Morgan fingerprint density at radius 3 is 1.77 bits per heavy atom. The highest BCUT2D eigenvalue weighted by molar-refractivity contribution is 7.26. The summed E-state index contributed by atoms with van der Waals surface area (Å²) in [6.07, 6.45) is 2.35. The summed E-state index contributed by atoms with van der Waals surface area (Å²) < 4.78 is 4.92. The molecule has 0 N–H and O–H groups in total. The lowest BCUT2D eigenvalue weighted by atomic mass is 9.63. The Hall–Kier alpha value is -6.95. The van der Waals surface area contributed by atoms with Crippen LogP contribution in [-0.4, -0.2) is 19.5 Å². The predicted octanol–water partition coefficient (Wildman–Crippen LogP) is 15.5. The maximum atomic E-state index is 5.38. The third-order valence-electron chi connectivity index (χ3n) is 13.6. The van der Waals surface area contributed by atoms with Gasteiger partial charge in [-0.25, -0.2) is 15.0 Å². The summed E-state index contributed by atoms with van der Waals surface area (Å²) in [5, 5.41) is 7.29. The van der Waals surface area contributed by atoms with E-state index in [1.165, 1.54) is 71.5 Å². The van der Waals surface area contributed by atoms with Crippen molar-refractivity contribution >= 4 is 64.1 Å². The topological polar surface area (TPSA) is 43.6 Å². The van der Waals surface area contributed by atoms with Gasteiger partial charge in [0.15, 0.2) is 17.5 Å². The van der Waals surface area contributed by atoms with Crippen LogP contribution >= 0.6 is 11.3 Å². The normalized spacial score (nSPS) is 14.6. The summed E-state index contributed by atoms with van der Waals surface area (Å²) in [6, 6.07) is 61.4. The fourth-order valence-corrected chi connectivity index (χ4v) is 11.3. The van der Waals surface area contributed by atoms with Gasteiger partial charge in [0.2, 0.25) is 0 Å². The minimum Gasteiger partial charge on any atom is -0.309 e. The van der Waals surface area contributed by atoms with E-state index < -0.39 is 0 Å². The molecule has 62 heavy (non-hydrogen) atoms. The van der Waals surface area contributed by atoms with Gasteiger partial charge in [0.1, 0.15) is 0 Å². The Balaban J connectivity index is 1.08. The van der Waals surface area contributed by atoms with Gasteiger partial charge < -0.3 is 4.57 Å². The van der Waals surface area contributed by atoms with Gasteiger partial charge in [-0.3, -0.25) is 0 Å². The Labute approximate surface area is 365 Å². The van der Waals surface area contributed by atoms with E-state index in [4.69, 9.17) is 15.0 Å². The number of para-hydroxylation sites is 1. The van der Waals surface area contributed by atoms with Crippen molar-refractivity contribution < 1.29 is 0 Å². The second-order valence-electron chi connectivity index (χ2n) is 18.2. The van der Waals surface area contributed by atoms with Crippen molar-refractivity contribution in [3.63, 3.8) is 0 Å². The van der Waals surface area contributed by atoms with E-state index in [0.717, 1.165) is 38.7 Å². The van der Waals surface area contributed by atoms with Gasteiger partial charge in [0.25, 0.3) is 0 Å². The van der Waals surface area contributed by atoms with Gasteiger partial charge in [0.05, 0.1) is 16.7 Å². The fourth-order valence-electron chi connectivity index (χ4n) is 10.1. The number of benzene rings is 8. The van der Waals surface area contributed by atoms with Gasteiger partial charge in [0, 0.05) is 53.0 Å². The lowest BCUT2D eigenvalue weighted by Gasteiger charge is -2.42. The molecule has 0 spiro atoms. The third kappa shape index (κ3) is 5.75. The average molecular weight is 817 g/mol. The molecule has 0 saturated heterocycles. The molecule has 0 atom stereocenters. The molecular formula is C57H44N4S. The second-order valence-corrected chi connectivity index (χ2v) is 19.3. The minimum atomic E-state index is 0.0857. The highest BCUT2D eigenvalue weighted by Gasteiger charge is 2.38. The molecule has 3 heterocycles. The van der Waals surface area contributed by atoms with Crippen LogP contribution < -0.4 is 0 Å². The first-order valence-electron chi connectivity index (χ1n) is 21.7. The SMILES string of the molecule is CC1(C)CCC(C)(C)c2cc3c(cc21)c1ccccc1n3-c1cccc2c(-c3nc(-c4ccc(-c5ccccc5)cc4)nc(-c4cccc5c4sc4ccccc45)n3)cccc12. The van der Waals surface area contributed by atoms with Crippen LogP contribution in [0.1, 0.15) is 51.7 Å². The maximum absolute atomic E-state index is 5.38. The molecule has 0 saturated carbocycles.